The fraction of sp³-hybridized carbons (Fsp3) is 0.182. The predicted octanol–water partition coefficient (Wildman–Crippen LogP) is 5.06. The lowest BCUT2D eigenvalue weighted by molar-refractivity contribution is 0.0982. The standard InChI is InChI=1S/C22H20N2O4S/c1-14-6-7-19-20(9-14)29-22(23-19)24(13-16-5-4-8-28-16)21(25)15-10-17(26-2)12-18(11-15)27-3/h4-12H,13H2,1-3H3. The van der Waals surface area contributed by atoms with Crippen LogP contribution in [0.3, 0.4) is 0 Å². The molecule has 7 heteroatoms. The zero-order chi connectivity index (χ0) is 20.4. The molecule has 0 aliphatic rings. The van der Waals surface area contributed by atoms with E-state index in [1.54, 1.807) is 49.6 Å². The highest BCUT2D eigenvalue weighted by Gasteiger charge is 2.24. The van der Waals surface area contributed by atoms with Crippen LogP contribution in [0.5, 0.6) is 11.5 Å². The Morgan fingerprint density at radius 2 is 1.86 bits per heavy atom. The van der Waals surface area contributed by atoms with Crippen LogP contribution < -0.4 is 14.4 Å². The average Bonchev–Trinajstić information content (AvgIpc) is 3.40. The molecule has 4 aromatic rings. The molecular formula is C22H20N2O4S. The minimum atomic E-state index is -0.214. The first kappa shape index (κ1) is 19.0. The monoisotopic (exact) mass is 408 g/mol. The molecule has 4 rings (SSSR count). The molecular weight excluding hydrogens is 388 g/mol. The van der Waals surface area contributed by atoms with Gasteiger partial charge in [0.1, 0.15) is 17.3 Å². The summed E-state index contributed by atoms with van der Waals surface area (Å²) >= 11 is 1.47. The highest BCUT2D eigenvalue weighted by atomic mass is 32.1. The van der Waals surface area contributed by atoms with E-state index in [1.807, 2.05) is 25.1 Å². The molecule has 0 atom stereocenters. The van der Waals surface area contributed by atoms with Gasteiger partial charge in [-0.05, 0) is 48.9 Å². The first-order valence-corrected chi connectivity index (χ1v) is 9.83. The van der Waals surface area contributed by atoms with Crippen LogP contribution in [-0.4, -0.2) is 25.1 Å². The molecule has 2 aromatic heterocycles. The second-order valence-electron chi connectivity index (χ2n) is 6.54. The van der Waals surface area contributed by atoms with Crippen LogP contribution in [0.15, 0.2) is 59.2 Å². The van der Waals surface area contributed by atoms with E-state index in [2.05, 4.69) is 11.1 Å². The molecule has 0 N–H and O–H groups in total. The van der Waals surface area contributed by atoms with Crippen molar-refractivity contribution >= 4 is 32.6 Å². The third-order valence-electron chi connectivity index (χ3n) is 4.50. The normalized spacial score (nSPS) is 10.9. The molecule has 0 bridgehead atoms. The highest BCUT2D eigenvalue weighted by Crippen LogP contribution is 2.32. The first-order chi connectivity index (χ1) is 14.1. The van der Waals surface area contributed by atoms with Crippen LogP contribution in [0.2, 0.25) is 0 Å². The summed E-state index contributed by atoms with van der Waals surface area (Å²) in [5.41, 5.74) is 2.45. The number of hydrogen-bond acceptors (Lipinski definition) is 6. The van der Waals surface area contributed by atoms with Crippen LogP contribution in [0.25, 0.3) is 10.2 Å². The van der Waals surface area contributed by atoms with Crippen LogP contribution >= 0.6 is 11.3 Å². The second kappa shape index (κ2) is 7.97. The van der Waals surface area contributed by atoms with Crippen LogP contribution in [-0.2, 0) is 6.54 Å². The maximum Gasteiger partial charge on any atom is 0.260 e. The van der Waals surface area contributed by atoms with Gasteiger partial charge in [-0.1, -0.05) is 17.4 Å². The summed E-state index contributed by atoms with van der Waals surface area (Å²) in [5.74, 6) is 1.55. The van der Waals surface area contributed by atoms with E-state index in [4.69, 9.17) is 13.9 Å². The molecule has 0 saturated carbocycles. The maximum absolute atomic E-state index is 13.5. The van der Waals surface area contributed by atoms with Crippen LogP contribution in [0.4, 0.5) is 5.13 Å². The number of rotatable bonds is 6. The number of carbonyl (C=O) groups excluding carboxylic acids is 1. The Morgan fingerprint density at radius 1 is 1.10 bits per heavy atom. The Kier molecular flexibility index (Phi) is 5.22. The molecule has 2 heterocycles. The SMILES string of the molecule is COc1cc(OC)cc(C(=O)N(Cc2ccco2)c2nc3ccc(C)cc3s2)c1. The van der Waals surface area contributed by atoms with Gasteiger partial charge in [-0.25, -0.2) is 4.98 Å². The zero-order valence-corrected chi connectivity index (χ0v) is 17.2. The number of methoxy groups -OCH3 is 2. The maximum atomic E-state index is 13.5. The van der Waals surface area contributed by atoms with Crippen molar-refractivity contribution in [2.45, 2.75) is 13.5 Å². The Balaban J connectivity index is 1.78. The van der Waals surface area contributed by atoms with Gasteiger partial charge in [-0.3, -0.25) is 9.69 Å². The molecule has 2 aromatic carbocycles. The lowest BCUT2D eigenvalue weighted by Crippen LogP contribution is -2.30. The summed E-state index contributed by atoms with van der Waals surface area (Å²) in [4.78, 5) is 19.8. The van der Waals surface area contributed by atoms with Crippen molar-refractivity contribution in [2.75, 3.05) is 19.1 Å². The topological polar surface area (TPSA) is 64.8 Å². The number of furan rings is 1. The zero-order valence-electron chi connectivity index (χ0n) is 16.3. The Morgan fingerprint density at radius 3 is 2.52 bits per heavy atom. The summed E-state index contributed by atoms with van der Waals surface area (Å²) in [6, 6.07) is 14.8. The van der Waals surface area contributed by atoms with Crippen molar-refractivity contribution < 1.29 is 18.7 Å². The number of benzene rings is 2. The summed E-state index contributed by atoms with van der Waals surface area (Å²) in [7, 11) is 3.11. The fourth-order valence-electron chi connectivity index (χ4n) is 3.01. The second-order valence-corrected chi connectivity index (χ2v) is 7.55. The van der Waals surface area contributed by atoms with E-state index in [-0.39, 0.29) is 12.5 Å². The Bertz CT molecular complexity index is 1130. The number of anilines is 1. The number of thiazole rings is 1. The quantitative estimate of drug-likeness (QED) is 0.446. The van der Waals surface area contributed by atoms with Crippen molar-refractivity contribution in [3.8, 4) is 11.5 Å². The Hall–Kier alpha value is -3.32. The van der Waals surface area contributed by atoms with Crippen molar-refractivity contribution in [3.63, 3.8) is 0 Å². The highest BCUT2D eigenvalue weighted by molar-refractivity contribution is 7.22. The van der Waals surface area contributed by atoms with E-state index >= 15 is 0 Å². The molecule has 1 amide bonds. The molecule has 0 aliphatic carbocycles. The predicted molar refractivity (Wildman–Crippen MR) is 113 cm³/mol. The number of nitrogens with zero attached hydrogens (tertiary/aromatic N) is 2. The van der Waals surface area contributed by atoms with E-state index in [9.17, 15) is 4.79 Å². The van der Waals surface area contributed by atoms with E-state index in [0.717, 1.165) is 15.8 Å². The van der Waals surface area contributed by atoms with Gasteiger partial charge < -0.3 is 13.9 Å². The summed E-state index contributed by atoms with van der Waals surface area (Å²) in [6.07, 6.45) is 1.59. The summed E-state index contributed by atoms with van der Waals surface area (Å²) in [5, 5.41) is 0.605. The lowest BCUT2D eigenvalue weighted by Gasteiger charge is -2.19. The number of aryl methyl sites for hydroxylation is 1. The molecule has 0 spiro atoms. The summed E-state index contributed by atoms with van der Waals surface area (Å²) in [6.45, 7) is 2.30. The molecule has 148 valence electrons. The number of carbonyl (C=O) groups is 1. The van der Waals surface area contributed by atoms with Crippen molar-refractivity contribution in [1.29, 1.82) is 0 Å². The molecule has 0 radical (unpaired) electrons. The smallest absolute Gasteiger partial charge is 0.260 e. The van der Waals surface area contributed by atoms with Gasteiger partial charge in [-0.2, -0.15) is 0 Å². The molecule has 0 fully saturated rings. The van der Waals surface area contributed by atoms with Gasteiger partial charge in [-0.15, -0.1) is 0 Å². The summed E-state index contributed by atoms with van der Waals surface area (Å²) < 4.78 is 17.2. The van der Waals surface area contributed by atoms with Gasteiger partial charge in [0, 0.05) is 11.6 Å². The number of hydrogen-bond donors (Lipinski definition) is 0. The largest absolute Gasteiger partial charge is 0.497 e. The average molecular weight is 408 g/mol. The van der Waals surface area contributed by atoms with Crippen molar-refractivity contribution in [2.24, 2.45) is 0 Å². The van der Waals surface area contributed by atoms with E-state index in [1.165, 1.54) is 11.3 Å². The lowest BCUT2D eigenvalue weighted by atomic mass is 10.1. The first-order valence-electron chi connectivity index (χ1n) is 9.02. The van der Waals surface area contributed by atoms with Crippen LogP contribution in [0, 0.1) is 6.92 Å². The number of ether oxygens (including phenoxy) is 2. The van der Waals surface area contributed by atoms with Crippen molar-refractivity contribution in [3.05, 3.63) is 71.7 Å². The van der Waals surface area contributed by atoms with Gasteiger partial charge in [0.15, 0.2) is 5.13 Å². The van der Waals surface area contributed by atoms with Crippen molar-refractivity contribution in [1.82, 2.24) is 4.98 Å². The number of fused-ring (bicyclic) bond motifs is 1. The van der Waals surface area contributed by atoms with E-state index in [0.29, 0.717) is 28.0 Å². The third-order valence-corrected chi connectivity index (χ3v) is 5.54. The van der Waals surface area contributed by atoms with Gasteiger partial charge in [0.25, 0.3) is 5.91 Å². The van der Waals surface area contributed by atoms with Gasteiger partial charge >= 0.3 is 0 Å². The Labute approximate surface area is 172 Å². The van der Waals surface area contributed by atoms with Gasteiger partial charge in [0.2, 0.25) is 0 Å². The fourth-order valence-corrected chi connectivity index (χ4v) is 4.07. The molecule has 6 nitrogen and oxygen atoms in total. The molecule has 0 aliphatic heterocycles. The van der Waals surface area contributed by atoms with E-state index < -0.39 is 0 Å². The van der Waals surface area contributed by atoms with Gasteiger partial charge in [0.05, 0.1) is 37.2 Å². The molecule has 0 saturated heterocycles. The molecule has 0 unspecified atom stereocenters. The molecule has 29 heavy (non-hydrogen) atoms. The number of aromatic nitrogens is 1. The number of amides is 1. The third kappa shape index (κ3) is 3.95. The minimum Gasteiger partial charge on any atom is -0.497 e. The van der Waals surface area contributed by atoms with Crippen LogP contribution in [0.1, 0.15) is 21.7 Å². The minimum absolute atomic E-state index is 0.214.